The summed E-state index contributed by atoms with van der Waals surface area (Å²) in [7, 11) is 0. The summed E-state index contributed by atoms with van der Waals surface area (Å²) in [6.45, 7) is 3.18. The van der Waals surface area contributed by atoms with Crippen LogP contribution in [0.5, 0.6) is 0 Å². The van der Waals surface area contributed by atoms with Crippen LogP contribution in [0.1, 0.15) is 36.5 Å². The molecule has 0 heterocycles. The smallest absolute Gasteiger partial charge is 0.223 e. The van der Waals surface area contributed by atoms with Crippen molar-refractivity contribution in [3.05, 3.63) is 29.8 Å². The molecule has 0 aliphatic heterocycles. The standard InChI is InChI=1S/C15H20N2O2/c1-2-14(18)11-5-7-13(8-6-11)16-9-10-17-15(19)12-3-4-12/h5-8,12,16H,2-4,9-10H2,1H3,(H,17,19). The van der Waals surface area contributed by atoms with Gasteiger partial charge in [-0.15, -0.1) is 0 Å². The molecule has 1 amide bonds. The molecule has 0 aromatic heterocycles. The minimum absolute atomic E-state index is 0.156. The molecule has 1 aliphatic carbocycles. The molecule has 102 valence electrons. The van der Waals surface area contributed by atoms with Crippen molar-refractivity contribution < 1.29 is 9.59 Å². The first-order valence-corrected chi connectivity index (χ1v) is 6.85. The van der Waals surface area contributed by atoms with Crippen LogP contribution in [-0.2, 0) is 4.79 Å². The lowest BCUT2D eigenvalue weighted by Gasteiger charge is -2.08. The molecule has 2 N–H and O–H groups in total. The maximum atomic E-state index is 11.5. The SMILES string of the molecule is CCC(=O)c1ccc(NCCNC(=O)C2CC2)cc1. The summed E-state index contributed by atoms with van der Waals surface area (Å²) in [5.41, 5.74) is 1.71. The van der Waals surface area contributed by atoms with Crippen molar-refractivity contribution in [1.29, 1.82) is 0 Å². The second-order valence-corrected chi connectivity index (χ2v) is 4.85. The topological polar surface area (TPSA) is 58.2 Å². The Balaban J connectivity index is 1.70. The van der Waals surface area contributed by atoms with E-state index in [0.29, 0.717) is 19.5 Å². The monoisotopic (exact) mass is 260 g/mol. The number of amides is 1. The number of nitrogens with one attached hydrogen (secondary N) is 2. The maximum absolute atomic E-state index is 11.5. The molecule has 4 heteroatoms. The first-order valence-electron chi connectivity index (χ1n) is 6.85. The molecule has 0 saturated heterocycles. The molecule has 0 atom stereocenters. The van der Waals surface area contributed by atoms with Crippen LogP contribution in [-0.4, -0.2) is 24.8 Å². The fraction of sp³-hybridized carbons (Fsp3) is 0.467. The van der Waals surface area contributed by atoms with Crippen LogP contribution < -0.4 is 10.6 Å². The molecule has 1 aromatic rings. The van der Waals surface area contributed by atoms with Gasteiger partial charge in [0.05, 0.1) is 0 Å². The van der Waals surface area contributed by atoms with E-state index in [9.17, 15) is 9.59 Å². The van der Waals surface area contributed by atoms with Gasteiger partial charge >= 0.3 is 0 Å². The van der Waals surface area contributed by atoms with Crippen LogP contribution >= 0.6 is 0 Å². The van der Waals surface area contributed by atoms with Crippen molar-refractivity contribution >= 4 is 17.4 Å². The highest BCUT2D eigenvalue weighted by Crippen LogP contribution is 2.28. The summed E-state index contributed by atoms with van der Waals surface area (Å²) < 4.78 is 0. The van der Waals surface area contributed by atoms with E-state index >= 15 is 0 Å². The second kappa shape index (κ2) is 6.36. The Morgan fingerprint density at radius 3 is 2.42 bits per heavy atom. The van der Waals surface area contributed by atoms with E-state index in [4.69, 9.17) is 0 Å². The summed E-state index contributed by atoms with van der Waals surface area (Å²) in [6, 6.07) is 7.45. The Labute approximate surface area is 113 Å². The van der Waals surface area contributed by atoms with Crippen LogP contribution in [0.15, 0.2) is 24.3 Å². The first-order chi connectivity index (χ1) is 9.20. The number of benzene rings is 1. The maximum Gasteiger partial charge on any atom is 0.223 e. The molecule has 1 aliphatic rings. The molecule has 1 aromatic carbocycles. The number of anilines is 1. The van der Waals surface area contributed by atoms with Gasteiger partial charge in [-0.3, -0.25) is 9.59 Å². The molecule has 0 bridgehead atoms. The van der Waals surface area contributed by atoms with Gasteiger partial charge in [0.15, 0.2) is 5.78 Å². The van der Waals surface area contributed by atoms with Crippen LogP contribution in [0, 0.1) is 5.92 Å². The zero-order valence-corrected chi connectivity index (χ0v) is 11.2. The van der Waals surface area contributed by atoms with E-state index in [-0.39, 0.29) is 17.6 Å². The summed E-state index contributed by atoms with van der Waals surface area (Å²) in [5.74, 6) is 0.591. The van der Waals surface area contributed by atoms with Gasteiger partial charge in [0, 0.05) is 36.7 Å². The number of carbonyl (C=O) groups is 2. The van der Waals surface area contributed by atoms with Crippen molar-refractivity contribution in [2.24, 2.45) is 5.92 Å². The van der Waals surface area contributed by atoms with Crippen molar-refractivity contribution in [3.63, 3.8) is 0 Å². The van der Waals surface area contributed by atoms with E-state index in [1.54, 1.807) is 0 Å². The van der Waals surface area contributed by atoms with Crippen LogP contribution in [0.2, 0.25) is 0 Å². The summed E-state index contributed by atoms with van der Waals surface area (Å²) >= 11 is 0. The van der Waals surface area contributed by atoms with Gasteiger partial charge < -0.3 is 10.6 Å². The van der Waals surface area contributed by atoms with Gasteiger partial charge in [-0.2, -0.15) is 0 Å². The Morgan fingerprint density at radius 1 is 1.16 bits per heavy atom. The highest BCUT2D eigenvalue weighted by Gasteiger charge is 2.28. The fourth-order valence-electron chi connectivity index (χ4n) is 1.86. The Bertz CT molecular complexity index is 450. The minimum atomic E-state index is 0.156. The van der Waals surface area contributed by atoms with Crippen molar-refractivity contribution in [3.8, 4) is 0 Å². The van der Waals surface area contributed by atoms with Crippen LogP contribution in [0.25, 0.3) is 0 Å². The van der Waals surface area contributed by atoms with Gasteiger partial charge in [-0.05, 0) is 37.1 Å². The predicted molar refractivity (Wildman–Crippen MR) is 75.3 cm³/mol. The largest absolute Gasteiger partial charge is 0.383 e. The van der Waals surface area contributed by atoms with Crippen LogP contribution in [0.3, 0.4) is 0 Å². The molecular formula is C15H20N2O2. The van der Waals surface area contributed by atoms with Crippen LogP contribution in [0.4, 0.5) is 5.69 Å². The molecule has 2 rings (SSSR count). The third-order valence-corrected chi connectivity index (χ3v) is 3.23. The average Bonchev–Trinajstić information content (AvgIpc) is 3.27. The van der Waals surface area contributed by atoms with E-state index in [1.807, 2.05) is 31.2 Å². The number of Topliss-reactive ketones (excluding diaryl/α,β-unsaturated/α-hetero) is 1. The summed E-state index contributed by atoms with van der Waals surface area (Å²) in [4.78, 5) is 22.9. The zero-order chi connectivity index (χ0) is 13.7. The van der Waals surface area contributed by atoms with Gasteiger partial charge in [0.1, 0.15) is 0 Å². The van der Waals surface area contributed by atoms with E-state index in [0.717, 1.165) is 24.1 Å². The van der Waals surface area contributed by atoms with E-state index < -0.39 is 0 Å². The fourth-order valence-corrected chi connectivity index (χ4v) is 1.86. The molecule has 1 saturated carbocycles. The first kappa shape index (κ1) is 13.6. The Hall–Kier alpha value is -1.84. The van der Waals surface area contributed by atoms with E-state index in [2.05, 4.69) is 10.6 Å². The van der Waals surface area contributed by atoms with Gasteiger partial charge in [-0.1, -0.05) is 6.92 Å². The Kier molecular flexibility index (Phi) is 4.55. The van der Waals surface area contributed by atoms with Gasteiger partial charge in [0.25, 0.3) is 0 Å². The lowest BCUT2D eigenvalue weighted by Crippen LogP contribution is -2.29. The number of hydrogen-bond donors (Lipinski definition) is 2. The molecule has 19 heavy (non-hydrogen) atoms. The molecule has 0 unspecified atom stereocenters. The third-order valence-electron chi connectivity index (χ3n) is 3.23. The summed E-state index contributed by atoms with van der Waals surface area (Å²) in [6.07, 6.45) is 2.60. The minimum Gasteiger partial charge on any atom is -0.383 e. The normalized spacial score (nSPS) is 13.9. The zero-order valence-electron chi connectivity index (χ0n) is 11.2. The van der Waals surface area contributed by atoms with Crippen molar-refractivity contribution in [2.75, 3.05) is 18.4 Å². The molecule has 0 radical (unpaired) electrons. The van der Waals surface area contributed by atoms with Gasteiger partial charge in [0.2, 0.25) is 5.91 Å². The van der Waals surface area contributed by atoms with Crippen molar-refractivity contribution in [1.82, 2.24) is 5.32 Å². The van der Waals surface area contributed by atoms with Crippen molar-refractivity contribution in [2.45, 2.75) is 26.2 Å². The third kappa shape index (κ3) is 4.09. The Morgan fingerprint density at radius 2 is 1.84 bits per heavy atom. The molecule has 4 nitrogen and oxygen atoms in total. The number of carbonyl (C=O) groups excluding carboxylic acids is 2. The second-order valence-electron chi connectivity index (χ2n) is 4.85. The molecule has 1 fully saturated rings. The highest BCUT2D eigenvalue weighted by atomic mass is 16.2. The summed E-state index contributed by atoms with van der Waals surface area (Å²) in [5, 5.41) is 6.12. The lowest BCUT2D eigenvalue weighted by atomic mass is 10.1. The highest BCUT2D eigenvalue weighted by molar-refractivity contribution is 5.96. The lowest BCUT2D eigenvalue weighted by molar-refractivity contribution is -0.122. The average molecular weight is 260 g/mol. The number of hydrogen-bond acceptors (Lipinski definition) is 3. The quantitative estimate of drug-likeness (QED) is 0.584. The number of ketones is 1. The van der Waals surface area contributed by atoms with Gasteiger partial charge in [-0.25, -0.2) is 0 Å². The molecular weight excluding hydrogens is 240 g/mol. The van der Waals surface area contributed by atoms with E-state index in [1.165, 1.54) is 0 Å². The number of rotatable bonds is 7. The predicted octanol–water partition coefficient (Wildman–Crippen LogP) is 2.22. The molecule has 0 spiro atoms.